The number of carbonyl (C=O) groups excluding carboxylic acids is 3. The van der Waals surface area contributed by atoms with Crippen LogP contribution in [-0.4, -0.2) is 76.9 Å². The molecule has 0 bridgehead atoms. The number of para-hydroxylation sites is 2. The van der Waals surface area contributed by atoms with E-state index in [0.717, 1.165) is 52.3 Å². The maximum Gasteiger partial charge on any atom is 0.260 e. The quantitative estimate of drug-likeness (QED) is 0.158. The summed E-state index contributed by atoms with van der Waals surface area (Å²) < 4.78 is 18.8. The van der Waals surface area contributed by atoms with Gasteiger partial charge in [-0.1, -0.05) is 36.4 Å². The number of anilines is 5. The molecule has 0 aromatic heterocycles. The smallest absolute Gasteiger partial charge is 0.260 e. The lowest BCUT2D eigenvalue weighted by Gasteiger charge is -2.25. The van der Waals surface area contributed by atoms with Gasteiger partial charge >= 0.3 is 0 Å². The number of benzene rings is 5. The van der Waals surface area contributed by atoms with Gasteiger partial charge in [-0.15, -0.1) is 0 Å². The highest BCUT2D eigenvalue weighted by Crippen LogP contribution is 2.43. The van der Waals surface area contributed by atoms with Crippen molar-refractivity contribution in [1.29, 1.82) is 0 Å². The highest BCUT2D eigenvalue weighted by molar-refractivity contribution is 7.81. The summed E-state index contributed by atoms with van der Waals surface area (Å²) in [6.07, 6.45) is 1.62. The Balaban J connectivity index is 0.978. The summed E-state index contributed by atoms with van der Waals surface area (Å²) in [4.78, 5) is 50.8. The number of amides is 3. The summed E-state index contributed by atoms with van der Waals surface area (Å²) in [5.41, 5.74) is 10.3. The van der Waals surface area contributed by atoms with Crippen molar-refractivity contribution in [2.24, 2.45) is 0 Å². The first-order chi connectivity index (χ1) is 28.5. The number of rotatable bonds is 9. The highest BCUT2D eigenvalue weighted by atomic mass is 32.1. The van der Waals surface area contributed by atoms with Crippen LogP contribution in [0.2, 0.25) is 0 Å². The summed E-state index contributed by atoms with van der Waals surface area (Å²) in [6, 6.07) is 29.7. The molecule has 2 atom stereocenters. The Morgan fingerprint density at radius 2 is 1.20 bits per heavy atom. The first-order valence-electron chi connectivity index (χ1n) is 19.9. The van der Waals surface area contributed by atoms with Crippen LogP contribution in [0.15, 0.2) is 91.0 Å². The summed E-state index contributed by atoms with van der Waals surface area (Å²) in [5.74, 6) is 1.46. The van der Waals surface area contributed by atoms with E-state index >= 15 is 0 Å². The van der Waals surface area contributed by atoms with Crippen LogP contribution in [-0.2, 0) is 30.8 Å². The summed E-state index contributed by atoms with van der Waals surface area (Å²) >= 11 is 4.24. The van der Waals surface area contributed by atoms with E-state index in [1.54, 1.807) is 25.1 Å². The molecule has 4 aliphatic heterocycles. The third-order valence-corrected chi connectivity index (χ3v) is 12.4. The van der Waals surface area contributed by atoms with E-state index in [1.807, 2.05) is 104 Å². The fourth-order valence-corrected chi connectivity index (χ4v) is 9.37. The molecule has 0 saturated carbocycles. The van der Waals surface area contributed by atoms with Crippen molar-refractivity contribution in [1.82, 2.24) is 0 Å². The van der Waals surface area contributed by atoms with Crippen LogP contribution in [0.5, 0.6) is 17.2 Å². The number of methoxy groups -OCH3 is 1. The molecule has 9 rings (SSSR count). The molecule has 4 aliphatic rings. The minimum absolute atomic E-state index is 0.00125. The van der Waals surface area contributed by atoms with Crippen molar-refractivity contribution in [3.63, 3.8) is 0 Å². The number of hydrogen-bond acceptors (Lipinski definition) is 9. The minimum Gasteiger partial charge on any atom is -0.493 e. The normalized spacial score (nSPS) is 17.6. The molecular formula is C47H47N5O6S. The second-order valence-electron chi connectivity index (χ2n) is 15.9. The van der Waals surface area contributed by atoms with E-state index < -0.39 is 0 Å². The molecule has 5 aromatic rings. The van der Waals surface area contributed by atoms with E-state index in [2.05, 4.69) is 34.6 Å². The number of carbonyl (C=O) groups is 3. The number of nitrogens with zero attached hydrogens (tertiary/aromatic N) is 5. The molecule has 0 unspecified atom stereocenters. The van der Waals surface area contributed by atoms with Crippen LogP contribution in [0.3, 0.4) is 0 Å². The molecule has 302 valence electrons. The topological polar surface area (TPSA) is 95.1 Å². The maximum absolute atomic E-state index is 14.1. The van der Waals surface area contributed by atoms with Gasteiger partial charge in [0.05, 0.1) is 47.4 Å². The SMILES string of the molecule is COc1cc2c(cc1OCc1cc(COc3cc4c(cc3C)C(=O)N3c5ccccc5C[C@H]3CN4C)cc(N(C)C(=O)CS)c1)N(C)C[C@@H]1Cc3ccccc3N1C2=O. The largest absolute Gasteiger partial charge is 0.493 e. The predicted molar refractivity (Wildman–Crippen MR) is 235 cm³/mol. The zero-order chi connectivity index (χ0) is 41.1. The molecule has 0 saturated heterocycles. The van der Waals surface area contributed by atoms with Gasteiger partial charge in [-0.25, -0.2) is 0 Å². The maximum atomic E-state index is 14.1. The Morgan fingerprint density at radius 3 is 1.75 bits per heavy atom. The third kappa shape index (κ3) is 6.78. The standard InChI is InChI=1S/C47H47N5O6S/c1-28-14-36-40(48(2)23-34-18-31-10-6-8-12-38(31)51(34)46(36)54)21-42(28)57-25-29-15-30(17-33(16-29)50(4)45(53)27-59)26-58-44-22-41-37(20-43(44)56-5)47(55)52-35(24-49(41)3)19-32-11-7-9-13-39(32)52/h6-17,20-22,34-35,59H,18-19,23-27H2,1-5H3/t34-,35-/m0/s1. The molecule has 0 fully saturated rings. The zero-order valence-electron chi connectivity index (χ0n) is 33.9. The monoisotopic (exact) mass is 809 g/mol. The molecule has 3 amide bonds. The van der Waals surface area contributed by atoms with Gasteiger partial charge in [0.1, 0.15) is 19.0 Å². The van der Waals surface area contributed by atoms with Gasteiger partial charge in [0.15, 0.2) is 11.5 Å². The van der Waals surface area contributed by atoms with Gasteiger partial charge in [0.25, 0.3) is 11.8 Å². The zero-order valence-corrected chi connectivity index (χ0v) is 34.8. The van der Waals surface area contributed by atoms with Crippen molar-refractivity contribution in [2.45, 2.75) is 45.1 Å². The van der Waals surface area contributed by atoms with Crippen LogP contribution in [0.1, 0.15) is 48.5 Å². The van der Waals surface area contributed by atoms with Crippen molar-refractivity contribution < 1.29 is 28.6 Å². The number of hydrogen-bond donors (Lipinski definition) is 1. The second-order valence-corrected chi connectivity index (χ2v) is 16.3. The number of thiol groups is 1. The van der Waals surface area contributed by atoms with E-state index in [-0.39, 0.29) is 48.8 Å². The van der Waals surface area contributed by atoms with Crippen molar-refractivity contribution >= 4 is 58.8 Å². The molecular weight excluding hydrogens is 763 g/mol. The number of aryl methyl sites for hydroxylation is 1. The summed E-state index contributed by atoms with van der Waals surface area (Å²) in [7, 11) is 7.33. The average molecular weight is 810 g/mol. The van der Waals surface area contributed by atoms with Crippen LogP contribution < -0.4 is 38.7 Å². The lowest BCUT2D eigenvalue weighted by Crippen LogP contribution is -2.41. The Hall–Kier alpha value is -6.14. The van der Waals surface area contributed by atoms with Crippen LogP contribution >= 0.6 is 12.6 Å². The number of likely N-dealkylation sites (N-methyl/N-ethyl adjacent to an activating group) is 2. The molecule has 11 nitrogen and oxygen atoms in total. The van der Waals surface area contributed by atoms with E-state index in [0.29, 0.717) is 47.2 Å². The summed E-state index contributed by atoms with van der Waals surface area (Å²) in [5, 5.41) is 0. The van der Waals surface area contributed by atoms with Gasteiger partial charge in [-0.05, 0) is 90.0 Å². The molecule has 59 heavy (non-hydrogen) atoms. The lowest BCUT2D eigenvalue weighted by atomic mass is 10.1. The van der Waals surface area contributed by atoms with Crippen LogP contribution in [0.4, 0.5) is 28.4 Å². The van der Waals surface area contributed by atoms with Crippen molar-refractivity contribution in [3.8, 4) is 17.2 Å². The van der Waals surface area contributed by atoms with Crippen molar-refractivity contribution in [2.75, 3.05) is 71.6 Å². The number of ether oxygens (including phenoxy) is 3. The van der Waals surface area contributed by atoms with E-state index in [9.17, 15) is 14.4 Å². The number of fused-ring (bicyclic) bond motifs is 8. The first-order valence-corrected chi connectivity index (χ1v) is 20.5. The average Bonchev–Trinajstić information content (AvgIpc) is 3.75. The van der Waals surface area contributed by atoms with Gasteiger partial charge in [0, 0.05) is 63.4 Å². The van der Waals surface area contributed by atoms with E-state index in [1.165, 1.54) is 11.1 Å². The molecule has 0 N–H and O–H groups in total. The second kappa shape index (κ2) is 15.2. The van der Waals surface area contributed by atoms with Crippen LogP contribution in [0, 0.1) is 6.92 Å². The molecule has 4 heterocycles. The predicted octanol–water partition coefficient (Wildman–Crippen LogP) is 7.10. The minimum atomic E-state index is -0.154. The van der Waals surface area contributed by atoms with E-state index in [4.69, 9.17) is 14.2 Å². The van der Waals surface area contributed by atoms with Gasteiger partial charge < -0.3 is 38.7 Å². The van der Waals surface area contributed by atoms with Gasteiger partial charge in [0.2, 0.25) is 5.91 Å². The summed E-state index contributed by atoms with van der Waals surface area (Å²) in [6.45, 7) is 3.69. The fourth-order valence-electron chi connectivity index (χ4n) is 9.16. The Morgan fingerprint density at radius 1 is 0.695 bits per heavy atom. The van der Waals surface area contributed by atoms with Gasteiger partial charge in [-0.3, -0.25) is 14.4 Å². The Labute approximate surface area is 350 Å². The molecule has 0 aliphatic carbocycles. The molecule has 5 aromatic carbocycles. The molecule has 0 spiro atoms. The van der Waals surface area contributed by atoms with Gasteiger partial charge in [-0.2, -0.15) is 12.6 Å². The highest BCUT2D eigenvalue weighted by Gasteiger charge is 2.40. The third-order valence-electron chi connectivity index (χ3n) is 12.1. The lowest BCUT2D eigenvalue weighted by molar-refractivity contribution is -0.115. The molecule has 12 heteroatoms. The first kappa shape index (κ1) is 38.4. The Bertz CT molecular complexity index is 2530. The Kier molecular flexibility index (Phi) is 9.91. The fraction of sp³-hybridized carbons (Fsp3) is 0.298. The molecule has 0 radical (unpaired) electrons. The van der Waals surface area contributed by atoms with Crippen LogP contribution in [0.25, 0.3) is 0 Å². The van der Waals surface area contributed by atoms with Crippen molar-refractivity contribution in [3.05, 3.63) is 130 Å².